The van der Waals surface area contributed by atoms with Crippen molar-refractivity contribution in [3.8, 4) is 0 Å². The first-order chi connectivity index (χ1) is 8.96. The second-order valence-electron chi connectivity index (χ2n) is 4.73. The number of sulfonamides is 1. The van der Waals surface area contributed by atoms with Crippen molar-refractivity contribution in [2.75, 3.05) is 13.1 Å². The zero-order valence-electron chi connectivity index (χ0n) is 9.98. The van der Waals surface area contributed by atoms with E-state index < -0.39 is 16.0 Å². The molecule has 2 atom stereocenters. The minimum absolute atomic E-state index is 0.0221. The summed E-state index contributed by atoms with van der Waals surface area (Å²) in [7, 11) is -3.60. The number of nitrogens with zero attached hydrogens (tertiary/aromatic N) is 1. The summed E-state index contributed by atoms with van der Waals surface area (Å²) < 4.78 is 31.9. The molecule has 19 heavy (non-hydrogen) atoms. The maximum absolute atomic E-state index is 12.4. The molecule has 1 aromatic heterocycles. The molecule has 0 aromatic carbocycles. The van der Waals surface area contributed by atoms with Gasteiger partial charge < -0.3 is 9.84 Å². The second kappa shape index (κ2) is 4.55. The summed E-state index contributed by atoms with van der Waals surface area (Å²) in [4.78, 5) is 10.9. The Bertz CT molecular complexity index is 596. The van der Waals surface area contributed by atoms with E-state index in [1.165, 1.54) is 15.8 Å². The first-order valence-corrected chi connectivity index (χ1v) is 8.26. The average Bonchev–Trinajstić information content (AvgIpc) is 2.96. The monoisotopic (exact) mass is 303 g/mol. The normalized spacial score (nSPS) is 27.6. The van der Waals surface area contributed by atoms with Crippen LogP contribution in [-0.4, -0.2) is 49.1 Å². The maximum atomic E-state index is 12.4. The fraction of sp³-hybridized carbons (Fsp3) is 0.545. The molecule has 2 fully saturated rings. The fourth-order valence-corrected chi connectivity index (χ4v) is 5.09. The van der Waals surface area contributed by atoms with Crippen molar-refractivity contribution in [1.29, 1.82) is 0 Å². The number of carbonyl (C=O) groups is 1. The summed E-state index contributed by atoms with van der Waals surface area (Å²) in [5.74, 6) is -1.10. The first kappa shape index (κ1) is 13.0. The van der Waals surface area contributed by atoms with E-state index in [0.717, 1.165) is 24.2 Å². The predicted octanol–water partition coefficient (Wildman–Crippen LogP) is 0.998. The molecule has 0 amide bonds. The van der Waals surface area contributed by atoms with Crippen LogP contribution in [0.3, 0.4) is 0 Å². The van der Waals surface area contributed by atoms with Crippen molar-refractivity contribution < 1.29 is 23.1 Å². The van der Waals surface area contributed by atoms with Crippen LogP contribution < -0.4 is 0 Å². The van der Waals surface area contributed by atoms with Gasteiger partial charge in [-0.2, -0.15) is 4.31 Å². The summed E-state index contributed by atoms with van der Waals surface area (Å²) in [5, 5.41) is 10.2. The van der Waals surface area contributed by atoms with Gasteiger partial charge in [-0.25, -0.2) is 13.2 Å². The van der Waals surface area contributed by atoms with Gasteiger partial charge in [-0.3, -0.25) is 0 Å². The molecule has 1 aromatic rings. The largest absolute Gasteiger partial charge is 0.477 e. The van der Waals surface area contributed by atoms with E-state index >= 15 is 0 Å². The van der Waals surface area contributed by atoms with Crippen molar-refractivity contribution in [1.82, 2.24) is 4.31 Å². The number of aromatic carboxylic acids is 1. The summed E-state index contributed by atoms with van der Waals surface area (Å²) >= 11 is 0.929. The summed E-state index contributed by atoms with van der Waals surface area (Å²) in [6, 6.07) is 1.22. The molecule has 3 heterocycles. The van der Waals surface area contributed by atoms with E-state index in [1.807, 2.05) is 0 Å². The van der Waals surface area contributed by atoms with Crippen LogP contribution in [0.15, 0.2) is 16.3 Å². The zero-order chi connectivity index (χ0) is 13.6. The number of fused-ring (bicyclic) bond motifs is 2. The van der Waals surface area contributed by atoms with Gasteiger partial charge in [-0.15, -0.1) is 11.3 Å². The van der Waals surface area contributed by atoms with Crippen LogP contribution in [-0.2, 0) is 14.8 Å². The van der Waals surface area contributed by atoms with E-state index in [4.69, 9.17) is 9.84 Å². The quantitative estimate of drug-likeness (QED) is 0.900. The molecule has 2 saturated heterocycles. The molecule has 1 N–H and O–H groups in total. The maximum Gasteiger partial charge on any atom is 0.345 e. The topological polar surface area (TPSA) is 83.9 Å². The molecule has 104 valence electrons. The molecule has 0 aliphatic carbocycles. The number of rotatable bonds is 3. The average molecular weight is 303 g/mol. The highest BCUT2D eigenvalue weighted by molar-refractivity contribution is 7.89. The number of morpholine rings is 1. The van der Waals surface area contributed by atoms with Crippen LogP contribution in [0.25, 0.3) is 0 Å². The minimum atomic E-state index is -3.60. The van der Waals surface area contributed by atoms with Gasteiger partial charge >= 0.3 is 5.97 Å². The van der Waals surface area contributed by atoms with E-state index in [9.17, 15) is 13.2 Å². The number of hydrogen-bond acceptors (Lipinski definition) is 5. The van der Waals surface area contributed by atoms with Crippen LogP contribution in [0, 0.1) is 0 Å². The van der Waals surface area contributed by atoms with Gasteiger partial charge in [0.1, 0.15) is 4.88 Å². The van der Waals surface area contributed by atoms with Crippen molar-refractivity contribution in [3.05, 3.63) is 16.3 Å². The van der Waals surface area contributed by atoms with Gasteiger partial charge in [0.15, 0.2) is 0 Å². The summed E-state index contributed by atoms with van der Waals surface area (Å²) in [6.07, 6.45) is 1.73. The third-order valence-electron chi connectivity index (χ3n) is 3.43. The summed E-state index contributed by atoms with van der Waals surface area (Å²) in [6.45, 7) is 0.716. The zero-order valence-corrected chi connectivity index (χ0v) is 11.6. The molecule has 2 aliphatic rings. The van der Waals surface area contributed by atoms with Crippen LogP contribution in [0.1, 0.15) is 22.5 Å². The minimum Gasteiger partial charge on any atom is -0.477 e. The van der Waals surface area contributed by atoms with E-state index in [-0.39, 0.29) is 22.0 Å². The SMILES string of the molecule is O=C(O)c1cc(S(=O)(=O)N2CC3CCC(C2)O3)cs1. The van der Waals surface area contributed by atoms with Gasteiger partial charge in [-0.05, 0) is 18.9 Å². The van der Waals surface area contributed by atoms with Crippen molar-refractivity contribution in [2.24, 2.45) is 0 Å². The number of thiophene rings is 1. The molecule has 2 bridgehead atoms. The Morgan fingerprint density at radius 2 is 2.00 bits per heavy atom. The molecular formula is C11H13NO5S2. The third kappa shape index (κ3) is 2.29. The van der Waals surface area contributed by atoms with E-state index in [2.05, 4.69) is 0 Å². The van der Waals surface area contributed by atoms with Crippen molar-refractivity contribution >= 4 is 27.3 Å². The number of hydrogen-bond donors (Lipinski definition) is 1. The van der Waals surface area contributed by atoms with E-state index in [1.54, 1.807) is 0 Å². The summed E-state index contributed by atoms with van der Waals surface area (Å²) in [5.41, 5.74) is 0. The smallest absolute Gasteiger partial charge is 0.345 e. The Morgan fingerprint density at radius 3 is 2.53 bits per heavy atom. The lowest BCUT2D eigenvalue weighted by Gasteiger charge is -2.30. The molecule has 0 saturated carbocycles. The number of carboxylic acid groups (broad SMARTS) is 1. The molecule has 0 spiro atoms. The number of carboxylic acids is 1. The number of ether oxygens (including phenoxy) is 1. The fourth-order valence-electron chi connectivity index (χ4n) is 2.49. The Balaban J connectivity index is 1.87. The predicted molar refractivity (Wildman–Crippen MR) is 67.9 cm³/mol. The van der Waals surface area contributed by atoms with Gasteiger partial charge in [0, 0.05) is 18.5 Å². The molecule has 2 unspecified atom stereocenters. The van der Waals surface area contributed by atoms with Gasteiger partial charge in [0.05, 0.1) is 17.1 Å². The highest BCUT2D eigenvalue weighted by Crippen LogP contribution is 2.31. The first-order valence-electron chi connectivity index (χ1n) is 5.94. The lowest BCUT2D eigenvalue weighted by Crippen LogP contribution is -2.45. The standard InChI is InChI=1S/C11H13NO5S2/c13-11(14)10-3-9(6-18-10)19(15,16)12-4-7-1-2-8(5-12)17-7/h3,6-8H,1-2,4-5H2,(H,13,14). The lowest BCUT2D eigenvalue weighted by molar-refractivity contribution is -0.0114. The highest BCUT2D eigenvalue weighted by atomic mass is 32.2. The Morgan fingerprint density at radius 1 is 1.37 bits per heavy atom. The second-order valence-corrected chi connectivity index (χ2v) is 7.58. The molecule has 0 radical (unpaired) electrons. The molecule has 6 nitrogen and oxygen atoms in total. The van der Waals surface area contributed by atoms with Gasteiger partial charge in [0.25, 0.3) is 0 Å². The molecule has 3 rings (SSSR count). The Kier molecular flexibility index (Phi) is 3.12. The molecular weight excluding hydrogens is 290 g/mol. The van der Waals surface area contributed by atoms with Gasteiger partial charge in [-0.1, -0.05) is 0 Å². The van der Waals surface area contributed by atoms with Gasteiger partial charge in [0.2, 0.25) is 10.0 Å². The van der Waals surface area contributed by atoms with Crippen LogP contribution in [0.2, 0.25) is 0 Å². The molecule has 8 heteroatoms. The van der Waals surface area contributed by atoms with Crippen LogP contribution in [0.4, 0.5) is 0 Å². The Labute approximate surface area is 114 Å². The highest BCUT2D eigenvalue weighted by Gasteiger charge is 2.39. The van der Waals surface area contributed by atoms with Crippen LogP contribution in [0.5, 0.6) is 0 Å². The van der Waals surface area contributed by atoms with E-state index in [0.29, 0.717) is 13.1 Å². The van der Waals surface area contributed by atoms with Crippen molar-refractivity contribution in [3.63, 3.8) is 0 Å². The third-order valence-corrected chi connectivity index (χ3v) is 6.31. The van der Waals surface area contributed by atoms with Crippen LogP contribution >= 0.6 is 11.3 Å². The molecule has 2 aliphatic heterocycles. The lowest BCUT2D eigenvalue weighted by atomic mass is 10.2. The van der Waals surface area contributed by atoms with Crippen molar-refractivity contribution in [2.45, 2.75) is 29.9 Å². The Hall–Kier alpha value is -0.960.